The highest BCUT2D eigenvalue weighted by Crippen LogP contribution is 2.48. The number of rotatable bonds is 2. The van der Waals surface area contributed by atoms with Crippen molar-refractivity contribution in [3.63, 3.8) is 0 Å². The predicted molar refractivity (Wildman–Crippen MR) is 114 cm³/mol. The lowest BCUT2D eigenvalue weighted by atomic mass is 9.83. The standard InChI is InChI=1S/C25H22N4/c26-14-17-13-18(15-27)25(28-16-17)21-9-3-6-12-24(21)29-22-10-4-1-7-19(22)20-8-2-5-11-23(20)29/h1-2,4-5,7-8,10-11,16,18-19,22H,3,6,9,12-13H2. The molecule has 29 heavy (non-hydrogen) atoms. The van der Waals surface area contributed by atoms with Crippen LogP contribution in [0.4, 0.5) is 5.69 Å². The summed E-state index contributed by atoms with van der Waals surface area (Å²) in [6.07, 6.45) is 15.2. The number of aliphatic imine (C=N–C) groups is 1. The highest BCUT2D eigenvalue weighted by atomic mass is 15.2. The van der Waals surface area contributed by atoms with Gasteiger partial charge < -0.3 is 4.90 Å². The van der Waals surface area contributed by atoms with Gasteiger partial charge in [0, 0.05) is 35.5 Å². The zero-order valence-corrected chi connectivity index (χ0v) is 16.3. The minimum absolute atomic E-state index is 0.274. The zero-order valence-electron chi connectivity index (χ0n) is 16.3. The minimum Gasteiger partial charge on any atom is -0.337 e. The predicted octanol–water partition coefficient (Wildman–Crippen LogP) is 5.30. The average Bonchev–Trinajstić information content (AvgIpc) is 3.13. The highest BCUT2D eigenvalue weighted by molar-refractivity contribution is 6.05. The molecule has 4 heteroatoms. The fraction of sp³-hybridized carbons (Fsp3) is 0.320. The maximum Gasteiger partial charge on any atom is 0.0963 e. The van der Waals surface area contributed by atoms with E-state index < -0.39 is 0 Å². The van der Waals surface area contributed by atoms with Crippen LogP contribution in [0.15, 0.2) is 76.6 Å². The van der Waals surface area contributed by atoms with Crippen molar-refractivity contribution in [2.24, 2.45) is 10.9 Å². The molecule has 0 radical (unpaired) electrons. The number of allylic oxidation sites excluding steroid dienone is 5. The molecule has 0 amide bonds. The summed E-state index contributed by atoms with van der Waals surface area (Å²) < 4.78 is 0. The second-order valence-electron chi connectivity index (χ2n) is 8.01. The third-order valence-corrected chi connectivity index (χ3v) is 6.41. The van der Waals surface area contributed by atoms with Gasteiger partial charge in [-0.25, -0.2) is 0 Å². The Labute approximate surface area is 171 Å². The summed E-state index contributed by atoms with van der Waals surface area (Å²) in [5.41, 5.74) is 6.62. The summed E-state index contributed by atoms with van der Waals surface area (Å²) in [7, 11) is 0. The zero-order chi connectivity index (χ0) is 19.8. The molecule has 4 nitrogen and oxygen atoms in total. The van der Waals surface area contributed by atoms with Gasteiger partial charge in [0.2, 0.25) is 0 Å². The molecular weight excluding hydrogens is 356 g/mol. The molecule has 3 unspecified atom stereocenters. The van der Waals surface area contributed by atoms with E-state index in [0.717, 1.165) is 31.4 Å². The van der Waals surface area contributed by atoms with E-state index in [-0.39, 0.29) is 12.0 Å². The molecule has 142 valence electrons. The van der Waals surface area contributed by atoms with E-state index in [1.165, 1.54) is 22.5 Å². The fourth-order valence-corrected chi connectivity index (χ4v) is 5.11. The molecule has 0 saturated carbocycles. The lowest BCUT2D eigenvalue weighted by molar-refractivity contribution is 0.628. The Morgan fingerprint density at radius 3 is 2.72 bits per heavy atom. The summed E-state index contributed by atoms with van der Waals surface area (Å²) >= 11 is 0. The van der Waals surface area contributed by atoms with Gasteiger partial charge in [-0.3, -0.25) is 4.99 Å². The Hall–Kier alpha value is -3.37. The van der Waals surface area contributed by atoms with Crippen LogP contribution in [0.2, 0.25) is 0 Å². The maximum absolute atomic E-state index is 9.78. The second kappa shape index (κ2) is 7.22. The largest absolute Gasteiger partial charge is 0.337 e. The van der Waals surface area contributed by atoms with Crippen LogP contribution in [0.25, 0.3) is 0 Å². The van der Waals surface area contributed by atoms with E-state index in [1.54, 1.807) is 6.20 Å². The van der Waals surface area contributed by atoms with E-state index in [2.05, 4.69) is 70.6 Å². The molecule has 2 aliphatic heterocycles. The van der Waals surface area contributed by atoms with Gasteiger partial charge >= 0.3 is 0 Å². The molecule has 0 fully saturated rings. The van der Waals surface area contributed by atoms with Crippen LogP contribution in [0, 0.1) is 28.6 Å². The summed E-state index contributed by atoms with van der Waals surface area (Å²) in [5, 5.41) is 19.0. The SMILES string of the molecule is N#CC1=CN=C(C2=C(N3c4ccccc4C4C=CC=CC43)CCCC2)C(C#N)C1. The third kappa shape index (κ3) is 2.84. The van der Waals surface area contributed by atoms with Crippen LogP contribution in [-0.4, -0.2) is 11.8 Å². The molecule has 0 bridgehead atoms. The van der Waals surface area contributed by atoms with Gasteiger partial charge in [-0.15, -0.1) is 0 Å². The van der Waals surface area contributed by atoms with Crippen molar-refractivity contribution in [1.29, 1.82) is 10.5 Å². The Kier molecular flexibility index (Phi) is 4.41. The van der Waals surface area contributed by atoms with Crippen LogP contribution in [0.5, 0.6) is 0 Å². The van der Waals surface area contributed by atoms with E-state index >= 15 is 0 Å². The van der Waals surface area contributed by atoms with Gasteiger partial charge in [0.05, 0.1) is 29.8 Å². The molecular formula is C25H22N4. The number of nitrogens with zero attached hydrogens (tertiary/aromatic N) is 4. The third-order valence-electron chi connectivity index (χ3n) is 6.41. The number of nitriles is 2. The Morgan fingerprint density at radius 1 is 1.03 bits per heavy atom. The van der Waals surface area contributed by atoms with Crippen molar-refractivity contribution in [2.45, 2.75) is 44.1 Å². The molecule has 0 N–H and O–H groups in total. The summed E-state index contributed by atoms with van der Waals surface area (Å²) in [5.74, 6) is 0.0187. The molecule has 0 saturated heterocycles. The molecule has 2 heterocycles. The van der Waals surface area contributed by atoms with Crippen LogP contribution >= 0.6 is 0 Å². The van der Waals surface area contributed by atoms with Gasteiger partial charge in [0.15, 0.2) is 0 Å². The topological polar surface area (TPSA) is 63.2 Å². The van der Waals surface area contributed by atoms with Crippen LogP contribution in [0.1, 0.15) is 43.6 Å². The van der Waals surface area contributed by atoms with Crippen molar-refractivity contribution < 1.29 is 0 Å². The lowest BCUT2D eigenvalue weighted by Gasteiger charge is -2.36. The van der Waals surface area contributed by atoms with E-state index in [9.17, 15) is 10.5 Å². The summed E-state index contributed by atoms with van der Waals surface area (Å²) in [6, 6.07) is 13.5. The van der Waals surface area contributed by atoms with E-state index in [1.807, 2.05) is 0 Å². The molecule has 1 aromatic carbocycles. The van der Waals surface area contributed by atoms with Crippen LogP contribution < -0.4 is 4.90 Å². The lowest BCUT2D eigenvalue weighted by Crippen LogP contribution is -2.35. The first-order chi connectivity index (χ1) is 14.3. The van der Waals surface area contributed by atoms with Crippen molar-refractivity contribution in [2.75, 3.05) is 4.90 Å². The first-order valence-electron chi connectivity index (χ1n) is 10.3. The molecule has 5 rings (SSSR count). The van der Waals surface area contributed by atoms with E-state index in [4.69, 9.17) is 0 Å². The number of hydrogen-bond acceptors (Lipinski definition) is 4. The van der Waals surface area contributed by atoms with Gasteiger partial charge in [-0.05, 0) is 42.9 Å². The van der Waals surface area contributed by atoms with Crippen molar-refractivity contribution >= 4 is 11.4 Å². The Balaban J connectivity index is 1.66. The van der Waals surface area contributed by atoms with Gasteiger partial charge in [0.1, 0.15) is 0 Å². The number of fused-ring (bicyclic) bond motifs is 3. The van der Waals surface area contributed by atoms with Crippen molar-refractivity contribution in [1.82, 2.24) is 0 Å². The first kappa shape index (κ1) is 17.7. The van der Waals surface area contributed by atoms with Gasteiger partial charge in [-0.1, -0.05) is 42.5 Å². The van der Waals surface area contributed by atoms with Crippen LogP contribution in [-0.2, 0) is 0 Å². The highest BCUT2D eigenvalue weighted by Gasteiger charge is 2.40. The normalized spacial score (nSPS) is 27.5. The number of para-hydroxylation sites is 1. The van der Waals surface area contributed by atoms with Crippen molar-refractivity contribution in [3.05, 3.63) is 77.2 Å². The molecule has 2 aliphatic carbocycles. The van der Waals surface area contributed by atoms with Crippen molar-refractivity contribution in [3.8, 4) is 12.1 Å². The molecule has 0 spiro atoms. The first-order valence-corrected chi connectivity index (χ1v) is 10.3. The summed E-state index contributed by atoms with van der Waals surface area (Å²) in [6.45, 7) is 0. The number of hydrogen-bond donors (Lipinski definition) is 0. The molecule has 4 aliphatic rings. The number of anilines is 1. The average molecular weight is 378 g/mol. The number of benzene rings is 1. The minimum atomic E-state index is -0.340. The molecule has 1 aromatic rings. The van der Waals surface area contributed by atoms with Crippen LogP contribution in [0.3, 0.4) is 0 Å². The Morgan fingerprint density at radius 2 is 1.86 bits per heavy atom. The van der Waals surface area contributed by atoms with E-state index in [0.29, 0.717) is 17.9 Å². The smallest absolute Gasteiger partial charge is 0.0963 e. The summed E-state index contributed by atoms with van der Waals surface area (Å²) in [4.78, 5) is 7.13. The molecule has 0 aromatic heterocycles. The van der Waals surface area contributed by atoms with Gasteiger partial charge in [-0.2, -0.15) is 10.5 Å². The fourth-order valence-electron chi connectivity index (χ4n) is 5.11. The Bertz CT molecular complexity index is 1090. The maximum atomic E-state index is 9.78. The van der Waals surface area contributed by atoms with Gasteiger partial charge in [0.25, 0.3) is 0 Å². The second-order valence-corrected chi connectivity index (χ2v) is 8.01. The monoisotopic (exact) mass is 378 g/mol. The molecule has 3 atom stereocenters. The quantitative estimate of drug-likeness (QED) is 0.701.